The molecule has 0 amide bonds. The predicted octanol–water partition coefficient (Wildman–Crippen LogP) is 1.64. The molecule has 0 aliphatic rings. The molecule has 78 valence electrons. The Balaban J connectivity index is 2.51. The van der Waals surface area contributed by atoms with Crippen LogP contribution in [0.1, 0.15) is 5.56 Å². The number of nitrogens with zero attached hydrogens (tertiary/aromatic N) is 3. The van der Waals surface area contributed by atoms with Crippen LogP contribution < -0.4 is 5.32 Å². The lowest BCUT2D eigenvalue weighted by molar-refractivity contribution is 0.788. The van der Waals surface area contributed by atoms with Crippen molar-refractivity contribution < 1.29 is 0 Å². The summed E-state index contributed by atoms with van der Waals surface area (Å²) in [5, 5.41) is 7.90. The molecular formula is C10H11ClN4. The molecule has 0 aliphatic carbocycles. The van der Waals surface area contributed by atoms with Crippen molar-refractivity contribution >= 4 is 11.6 Å². The Morgan fingerprint density at radius 1 is 1.47 bits per heavy atom. The summed E-state index contributed by atoms with van der Waals surface area (Å²) in [7, 11) is 1.88. The van der Waals surface area contributed by atoms with E-state index in [1.54, 1.807) is 11.0 Å². The van der Waals surface area contributed by atoms with E-state index in [-0.39, 0.29) is 0 Å². The maximum atomic E-state index is 6.12. The molecule has 2 rings (SSSR count). The van der Waals surface area contributed by atoms with Gasteiger partial charge in [0, 0.05) is 17.1 Å². The van der Waals surface area contributed by atoms with Gasteiger partial charge in [0.05, 0.1) is 5.69 Å². The zero-order valence-electron chi connectivity index (χ0n) is 8.31. The summed E-state index contributed by atoms with van der Waals surface area (Å²) in [6, 6.07) is 5.74. The molecule has 0 unspecified atom stereocenters. The first-order chi connectivity index (χ1) is 7.33. The van der Waals surface area contributed by atoms with Crippen molar-refractivity contribution in [2.45, 2.75) is 6.54 Å². The van der Waals surface area contributed by atoms with Crippen molar-refractivity contribution in [3.05, 3.63) is 41.4 Å². The molecule has 0 aliphatic heterocycles. The van der Waals surface area contributed by atoms with Crippen LogP contribution in [0.3, 0.4) is 0 Å². The highest BCUT2D eigenvalue weighted by Gasteiger charge is 2.07. The molecule has 4 nitrogen and oxygen atoms in total. The summed E-state index contributed by atoms with van der Waals surface area (Å²) in [4.78, 5) is 3.92. The van der Waals surface area contributed by atoms with Crippen molar-refractivity contribution in [3.8, 4) is 5.69 Å². The third-order valence-corrected chi connectivity index (χ3v) is 2.47. The molecule has 1 aromatic carbocycles. The summed E-state index contributed by atoms with van der Waals surface area (Å²) in [5.74, 6) is 0. The summed E-state index contributed by atoms with van der Waals surface area (Å²) in [5.41, 5.74) is 1.97. The molecule has 0 bridgehead atoms. The van der Waals surface area contributed by atoms with E-state index in [0.717, 1.165) is 16.3 Å². The van der Waals surface area contributed by atoms with E-state index in [1.165, 1.54) is 6.33 Å². The molecular weight excluding hydrogens is 212 g/mol. The van der Waals surface area contributed by atoms with Crippen LogP contribution in [-0.2, 0) is 6.54 Å². The highest BCUT2D eigenvalue weighted by atomic mass is 35.5. The minimum Gasteiger partial charge on any atom is -0.316 e. The number of halogens is 1. The van der Waals surface area contributed by atoms with Crippen molar-refractivity contribution in [1.29, 1.82) is 0 Å². The normalized spacial score (nSPS) is 10.5. The van der Waals surface area contributed by atoms with Gasteiger partial charge in [-0.15, -0.1) is 0 Å². The van der Waals surface area contributed by atoms with Crippen molar-refractivity contribution in [1.82, 2.24) is 20.1 Å². The number of rotatable bonds is 3. The first kappa shape index (κ1) is 10.1. The van der Waals surface area contributed by atoms with E-state index in [4.69, 9.17) is 11.6 Å². The van der Waals surface area contributed by atoms with E-state index in [2.05, 4.69) is 15.4 Å². The lowest BCUT2D eigenvalue weighted by Crippen LogP contribution is -2.10. The molecule has 0 spiro atoms. The third-order valence-electron chi connectivity index (χ3n) is 2.11. The Morgan fingerprint density at radius 3 is 3.00 bits per heavy atom. The second-order valence-corrected chi connectivity index (χ2v) is 3.52. The van der Waals surface area contributed by atoms with E-state index < -0.39 is 0 Å². The number of benzene rings is 1. The van der Waals surface area contributed by atoms with Crippen LogP contribution in [0.5, 0.6) is 0 Å². The molecule has 0 atom stereocenters. The van der Waals surface area contributed by atoms with Gasteiger partial charge in [0.1, 0.15) is 12.7 Å². The molecule has 2 aromatic rings. The van der Waals surface area contributed by atoms with Crippen LogP contribution in [0.25, 0.3) is 5.69 Å². The Hall–Kier alpha value is -1.39. The summed E-state index contributed by atoms with van der Waals surface area (Å²) >= 11 is 6.12. The molecule has 0 radical (unpaired) electrons. The van der Waals surface area contributed by atoms with Gasteiger partial charge in [0.15, 0.2) is 0 Å². The monoisotopic (exact) mass is 222 g/mol. The largest absolute Gasteiger partial charge is 0.316 e. The second kappa shape index (κ2) is 4.42. The zero-order valence-corrected chi connectivity index (χ0v) is 9.07. The Kier molecular flexibility index (Phi) is 2.99. The van der Waals surface area contributed by atoms with Gasteiger partial charge < -0.3 is 5.32 Å². The van der Waals surface area contributed by atoms with Crippen LogP contribution >= 0.6 is 11.6 Å². The minimum absolute atomic E-state index is 0.703. The van der Waals surface area contributed by atoms with E-state index in [9.17, 15) is 0 Å². The van der Waals surface area contributed by atoms with Gasteiger partial charge in [0.25, 0.3) is 0 Å². The van der Waals surface area contributed by atoms with Crippen LogP contribution in [0.15, 0.2) is 30.9 Å². The van der Waals surface area contributed by atoms with Crippen molar-refractivity contribution in [3.63, 3.8) is 0 Å². The smallest absolute Gasteiger partial charge is 0.138 e. The number of hydrogen-bond acceptors (Lipinski definition) is 3. The van der Waals surface area contributed by atoms with Gasteiger partial charge in [-0.25, -0.2) is 9.67 Å². The maximum absolute atomic E-state index is 6.12. The fourth-order valence-corrected chi connectivity index (χ4v) is 1.68. The van der Waals surface area contributed by atoms with Gasteiger partial charge in [-0.05, 0) is 19.2 Å². The Morgan fingerprint density at radius 2 is 2.33 bits per heavy atom. The van der Waals surface area contributed by atoms with Gasteiger partial charge in [-0.2, -0.15) is 5.10 Å². The molecule has 1 aromatic heterocycles. The van der Waals surface area contributed by atoms with Crippen molar-refractivity contribution in [2.24, 2.45) is 0 Å². The van der Waals surface area contributed by atoms with Crippen LogP contribution in [0.2, 0.25) is 5.02 Å². The SMILES string of the molecule is CNCc1c(Cl)cccc1-n1cncn1. The molecule has 1 heterocycles. The summed E-state index contributed by atoms with van der Waals surface area (Å²) in [6.07, 6.45) is 3.16. The van der Waals surface area contributed by atoms with Crippen LogP contribution in [0, 0.1) is 0 Å². The molecule has 1 N–H and O–H groups in total. The highest BCUT2D eigenvalue weighted by molar-refractivity contribution is 6.31. The predicted molar refractivity (Wildman–Crippen MR) is 59.1 cm³/mol. The van der Waals surface area contributed by atoms with Crippen LogP contribution in [0.4, 0.5) is 0 Å². The molecule has 0 saturated heterocycles. The van der Waals surface area contributed by atoms with E-state index in [0.29, 0.717) is 6.54 Å². The molecule has 0 saturated carbocycles. The lowest BCUT2D eigenvalue weighted by Gasteiger charge is -2.10. The van der Waals surface area contributed by atoms with Gasteiger partial charge in [0.2, 0.25) is 0 Å². The topological polar surface area (TPSA) is 42.7 Å². The first-order valence-corrected chi connectivity index (χ1v) is 4.97. The van der Waals surface area contributed by atoms with Crippen LogP contribution in [-0.4, -0.2) is 21.8 Å². The average Bonchev–Trinajstić information content (AvgIpc) is 2.74. The number of nitrogens with one attached hydrogen (secondary N) is 1. The van der Waals surface area contributed by atoms with E-state index in [1.807, 2.05) is 25.2 Å². The summed E-state index contributed by atoms with van der Waals surface area (Å²) in [6.45, 7) is 0.703. The first-order valence-electron chi connectivity index (χ1n) is 4.60. The minimum atomic E-state index is 0.703. The summed E-state index contributed by atoms with van der Waals surface area (Å²) < 4.78 is 1.71. The number of hydrogen-bond donors (Lipinski definition) is 1. The maximum Gasteiger partial charge on any atom is 0.138 e. The standard InChI is InChI=1S/C10H11ClN4/c1-12-5-8-9(11)3-2-4-10(8)15-7-13-6-14-15/h2-4,6-7,12H,5H2,1H3. The molecule has 0 fully saturated rings. The lowest BCUT2D eigenvalue weighted by atomic mass is 10.2. The fourth-order valence-electron chi connectivity index (χ4n) is 1.45. The highest BCUT2D eigenvalue weighted by Crippen LogP contribution is 2.22. The van der Waals surface area contributed by atoms with Gasteiger partial charge in [-0.1, -0.05) is 17.7 Å². The van der Waals surface area contributed by atoms with Gasteiger partial charge >= 0.3 is 0 Å². The molecule has 15 heavy (non-hydrogen) atoms. The Bertz CT molecular complexity index is 439. The quantitative estimate of drug-likeness (QED) is 0.859. The van der Waals surface area contributed by atoms with Gasteiger partial charge in [-0.3, -0.25) is 0 Å². The zero-order chi connectivity index (χ0) is 10.7. The number of aromatic nitrogens is 3. The third kappa shape index (κ3) is 2.00. The second-order valence-electron chi connectivity index (χ2n) is 3.11. The van der Waals surface area contributed by atoms with E-state index >= 15 is 0 Å². The molecule has 5 heteroatoms. The average molecular weight is 223 g/mol. The van der Waals surface area contributed by atoms with Crippen molar-refractivity contribution in [2.75, 3.05) is 7.05 Å². The fraction of sp³-hybridized carbons (Fsp3) is 0.200. The Labute approximate surface area is 92.9 Å².